The number of aliphatic imine (C=N–C) groups is 1. The number of hydrogen-bond donors (Lipinski definition) is 1. The second kappa shape index (κ2) is 11.2. The van der Waals surface area contributed by atoms with Gasteiger partial charge in [-0.3, -0.25) is 4.99 Å². The summed E-state index contributed by atoms with van der Waals surface area (Å²) < 4.78 is 10.7. The minimum Gasteiger partial charge on any atom is -0.497 e. The monoisotopic (exact) mass is 490 g/mol. The molecule has 2 rings (SSSR count). The van der Waals surface area contributed by atoms with Crippen molar-refractivity contribution in [3.63, 3.8) is 0 Å². The van der Waals surface area contributed by atoms with Crippen LogP contribution in [0.3, 0.4) is 0 Å². The Bertz CT molecular complexity index is 721. The molecule has 2 aromatic rings. The topological polar surface area (TPSA) is 59.0 Å². The lowest BCUT2D eigenvalue weighted by atomic mass is 10.2. The molecule has 6 nitrogen and oxygen atoms in total. The molecule has 1 aromatic heterocycles. The number of hydrogen-bond acceptors (Lipinski definition) is 5. The first-order valence-corrected chi connectivity index (χ1v) is 8.99. The van der Waals surface area contributed by atoms with Crippen molar-refractivity contribution in [2.24, 2.45) is 4.99 Å². The van der Waals surface area contributed by atoms with E-state index < -0.39 is 0 Å². The molecule has 0 saturated carbocycles. The number of guanidine groups is 1. The van der Waals surface area contributed by atoms with Gasteiger partial charge in [0.2, 0.25) is 0 Å². The maximum Gasteiger partial charge on any atom is 0.193 e. The molecule has 0 atom stereocenters. The van der Waals surface area contributed by atoms with Crippen molar-refractivity contribution in [1.29, 1.82) is 0 Å². The van der Waals surface area contributed by atoms with E-state index in [1.54, 1.807) is 32.6 Å². The third-order valence-corrected chi connectivity index (χ3v) is 4.63. The van der Waals surface area contributed by atoms with Gasteiger partial charge in [-0.1, -0.05) is 0 Å². The highest BCUT2D eigenvalue weighted by atomic mass is 127. The van der Waals surface area contributed by atoms with Gasteiger partial charge < -0.3 is 19.7 Å². The van der Waals surface area contributed by atoms with Crippen LogP contribution in [0.5, 0.6) is 11.5 Å². The van der Waals surface area contributed by atoms with Gasteiger partial charge in [0.25, 0.3) is 0 Å². The minimum absolute atomic E-state index is 0. The number of aromatic nitrogens is 1. The quantitative estimate of drug-likeness (QED) is 0.367. The van der Waals surface area contributed by atoms with Gasteiger partial charge in [-0.05, 0) is 19.1 Å². The van der Waals surface area contributed by atoms with Gasteiger partial charge in [0.1, 0.15) is 11.5 Å². The maximum absolute atomic E-state index is 5.47. The number of nitrogens with one attached hydrogen (secondary N) is 1. The Morgan fingerprint density at radius 1 is 1.31 bits per heavy atom. The lowest BCUT2D eigenvalue weighted by molar-refractivity contribution is 0.382. The number of aryl methyl sites for hydroxylation is 1. The average Bonchev–Trinajstić information content (AvgIpc) is 3.04. The van der Waals surface area contributed by atoms with Crippen molar-refractivity contribution >= 4 is 41.3 Å². The summed E-state index contributed by atoms with van der Waals surface area (Å²) in [6, 6.07) is 5.84. The van der Waals surface area contributed by atoms with Crippen LogP contribution in [0.15, 0.2) is 28.6 Å². The standard InChI is InChI=1S/C18H26N4O2S.HI/c1-13-21-15(12-25-13)8-9-20-18(19-2)22(3)11-14-6-7-16(23-4)10-17(14)24-5;/h6-7,10,12H,8-9,11H2,1-5H3,(H,19,20);1H. The van der Waals surface area contributed by atoms with Crippen LogP contribution in [0.1, 0.15) is 16.3 Å². The third-order valence-electron chi connectivity index (χ3n) is 3.81. The Balaban J connectivity index is 0.00000338. The SMILES string of the molecule is CN=C(NCCc1csc(C)n1)N(C)Cc1ccc(OC)cc1OC.I. The molecule has 0 radical (unpaired) electrons. The van der Waals surface area contributed by atoms with E-state index in [-0.39, 0.29) is 24.0 Å². The molecule has 1 aromatic carbocycles. The van der Waals surface area contributed by atoms with Crippen LogP contribution in [-0.2, 0) is 13.0 Å². The number of ether oxygens (including phenoxy) is 2. The molecule has 0 bridgehead atoms. The number of thiazole rings is 1. The fourth-order valence-electron chi connectivity index (χ4n) is 2.52. The van der Waals surface area contributed by atoms with Crippen LogP contribution in [0.25, 0.3) is 0 Å². The van der Waals surface area contributed by atoms with Gasteiger partial charge in [0.05, 0.1) is 24.9 Å². The molecular formula is C18H27IN4O2S. The van der Waals surface area contributed by atoms with E-state index in [4.69, 9.17) is 9.47 Å². The predicted molar refractivity (Wildman–Crippen MR) is 118 cm³/mol. The largest absolute Gasteiger partial charge is 0.497 e. The van der Waals surface area contributed by atoms with Gasteiger partial charge in [-0.15, -0.1) is 35.3 Å². The predicted octanol–water partition coefficient (Wildman–Crippen LogP) is 3.34. The molecule has 0 aliphatic rings. The van der Waals surface area contributed by atoms with Crippen LogP contribution in [0.2, 0.25) is 0 Å². The Hall–Kier alpha value is -1.55. The highest BCUT2D eigenvalue weighted by Crippen LogP contribution is 2.25. The summed E-state index contributed by atoms with van der Waals surface area (Å²) >= 11 is 1.68. The Morgan fingerprint density at radius 3 is 2.65 bits per heavy atom. The van der Waals surface area contributed by atoms with E-state index in [1.807, 2.05) is 32.2 Å². The summed E-state index contributed by atoms with van der Waals surface area (Å²) in [6.07, 6.45) is 0.878. The van der Waals surface area contributed by atoms with E-state index in [2.05, 4.69) is 25.6 Å². The molecule has 8 heteroatoms. The van der Waals surface area contributed by atoms with Crippen LogP contribution in [-0.4, -0.2) is 50.7 Å². The molecule has 144 valence electrons. The van der Waals surface area contributed by atoms with Crippen LogP contribution in [0.4, 0.5) is 0 Å². The van der Waals surface area contributed by atoms with Gasteiger partial charge in [-0.2, -0.15) is 0 Å². The molecular weight excluding hydrogens is 463 g/mol. The first kappa shape index (κ1) is 22.5. The highest BCUT2D eigenvalue weighted by Gasteiger charge is 2.11. The fourth-order valence-corrected chi connectivity index (χ4v) is 3.17. The summed E-state index contributed by atoms with van der Waals surface area (Å²) in [4.78, 5) is 10.9. The molecule has 0 fully saturated rings. The van der Waals surface area contributed by atoms with Crippen molar-refractivity contribution in [2.75, 3.05) is 34.9 Å². The number of rotatable bonds is 7. The highest BCUT2D eigenvalue weighted by molar-refractivity contribution is 14.0. The molecule has 0 saturated heterocycles. The molecule has 0 unspecified atom stereocenters. The Kier molecular flexibility index (Phi) is 9.71. The summed E-state index contributed by atoms with van der Waals surface area (Å²) in [7, 11) is 7.11. The zero-order valence-electron chi connectivity index (χ0n) is 15.9. The number of methoxy groups -OCH3 is 2. The molecule has 0 aliphatic heterocycles. The first-order chi connectivity index (χ1) is 12.1. The van der Waals surface area contributed by atoms with Crippen molar-refractivity contribution in [1.82, 2.24) is 15.2 Å². The Morgan fingerprint density at radius 2 is 2.08 bits per heavy atom. The lowest BCUT2D eigenvalue weighted by Crippen LogP contribution is -2.39. The zero-order valence-corrected chi connectivity index (χ0v) is 19.1. The van der Waals surface area contributed by atoms with E-state index >= 15 is 0 Å². The normalized spacial score (nSPS) is 10.9. The second-order valence-electron chi connectivity index (χ2n) is 5.62. The van der Waals surface area contributed by atoms with Crippen molar-refractivity contribution in [3.05, 3.63) is 39.8 Å². The van der Waals surface area contributed by atoms with Crippen molar-refractivity contribution in [3.8, 4) is 11.5 Å². The van der Waals surface area contributed by atoms with Gasteiger partial charge in [0.15, 0.2) is 5.96 Å². The maximum atomic E-state index is 5.47. The smallest absolute Gasteiger partial charge is 0.193 e. The summed E-state index contributed by atoms with van der Waals surface area (Å²) in [5, 5.41) is 6.59. The summed E-state index contributed by atoms with van der Waals surface area (Å²) in [5.74, 6) is 2.42. The molecule has 26 heavy (non-hydrogen) atoms. The van der Waals surface area contributed by atoms with E-state index in [0.717, 1.165) is 46.7 Å². The fraction of sp³-hybridized carbons (Fsp3) is 0.444. The number of halogens is 1. The molecule has 0 aliphatic carbocycles. The lowest BCUT2D eigenvalue weighted by Gasteiger charge is -2.23. The number of benzene rings is 1. The van der Waals surface area contributed by atoms with Crippen molar-refractivity contribution in [2.45, 2.75) is 19.9 Å². The molecule has 0 spiro atoms. The molecule has 1 heterocycles. The van der Waals surface area contributed by atoms with Crippen molar-refractivity contribution < 1.29 is 9.47 Å². The third kappa shape index (κ3) is 6.31. The molecule has 1 N–H and O–H groups in total. The van der Waals surface area contributed by atoms with E-state index in [0.29, 0.717) is 6.54 Å². The van der Waals surface area contributed by atoms with Gasteiger partial charge in [0, 0.05) is 50.6 Å². The summed E-state index contributed by atoms with van der Waals surface area (Å²) in [5.41, 5.74) is 2.19. The second-order valence-corrected chi connectivity index (χ2v) is 6.68. The van der Waals surface area contributed by atoms with Crippen LogP contribution in [0, 0.1) is 6.92 Å². The first-order valence-electron chi connectivity index (χ1n) is 8.11. The minimum atomic E-state index is 0. The van der Waals surface area contributed by atoms with Gasteiger partial charge >= 0.3 is 0 Å². The number of nitrogens with zero attached hydrogens (tertiary/aromatic N) is 3. The molecule has 0 amide bonds. The van der Waals surface area contributed by atoms with Crippen LogP contribution < -0.4 is 14.8 Å². The van der Waals surface area contributed by atoms with Crippen LogP contribution >= 0.6 is 35.3 Å². The zero-order chi connectivity index (χ0) is 18.2. The van der Waals surface area contributed by atoms with Gasteiger partial charge in [-0.25, -0.2) is 4.98 Å². The van der Waals surface area contributed by atoms with E-state index in [9.17, 15) is 0 Å². The summed E-state index contributed by atoms with van der Waals surface area (Å²) in [6.45, 7) is 3.50. The Labute approximate surface area is 176 Å². The van der Waals surface area contributed by atoms with E-state index in [1.165, 1.54) is 0 Å². The average molecular weight is 490 g/mol.